The number of aryl methyl sites for hydroxylation is 1. The van der Waals surface area contributed by atoms with Crippen LogP contribution in [0.2, 0.25) is 0 Å². The van der Waals surface area contributed by atoms with E-state index in [-0.39, 0.29) is 0 Å². The van der Waals surface area contributed by atoms with E-state index in [1.54, 1.807) is 10.9 Å². The van der Waals surface area contributed by atoms with Crippen LogP contribution >= 0.6 is 12.2 Å². The van der Waals surface area contributed by atoms with Crippen LogP contribution in [0.25, 0.3) is 10.8 Å². The minimum Gasteiger partial charge on any atom is -0.489 e. The van der Waals surface area contributed by atoms with E-state index in [9.17, 15) is 0 Å². The molecule has 0 unspecified atom stereocenters. The normalized spacial score (nSPS) is 11.3. The summed E-state index contributed by atoms with van der Waals surface area (Å²) in [5.41, 5.74) is 2.13. The molecule has 3 aromatic carbocycles. The molecule has 28 heavy (non-hydrogen) atoms. The van der Waals surface area contributed by atoms with Crippen molar-refractivity contribution in [2.75, 3.05) is 0 Å². The summed E-state index contributed by atoms with van der Waals surface area (Å²) in [5.74, 6) is 1.62. The molecule has 4 rings (SSSR count). The zero-order valence-electron chi connectivity index (χ0n) is 15.5. The number of ether oxygens (including phenoxy) is 1. The standard InChI is InChI=1S/C22H20N4OS/c1-2-21-24-25-22(28)26(21)23-14-16-10-12-19(13-11-16)27-15-18-8-5-7-17-6-3-4-9-20(17)18/h3-14H,2,15H2,1H3,(H,25,28)/b23-14-. The predicted octanol–water partition coefficient (Wildman–Crippen LogP) is 5.12. The first-order chi connectivity index (χ1) is 13.7. The maximum absolute atomic E-state index is 5.98. The molecule has 0 saturated carbocycles. The SMILES string of the molecule is CCc1n[nH]c(=S)n1/N=C\c1ccc(OCc2cccc3ccccc23)cc1. The second-order valence-electron chi connectivity index (χ2n) is 6.35. The number of nitrogens with zero attached hydrogens (tertiary/aromatic N) is 3. The number of aromatic amines is 1. The lowest BCUT2D eigenvalue weighted by Crippen LogP contribution is -1.98. The molecule has 6 heteroatoms. The quantitative estimate of drug-likeness (QED) is 0.368. The van der Waals surface area contributed by atoms with Gasteiger partial charge in [0.05, 0.1) is 6.21 Å². The summed E-state index contributed by atoms with van der Waals surface area (Å²) in [6.07, 6.45) is 2.52. The first-order valence-corrected chi connectivity index (χ1v) is 9.55. The zero-order chi connectivity index (χ0) is 19.3. The monoisotopic (exact) mass is 388 g/mol. The number of nitrogens with one attached hydrogen (secondary N) is 1. The van der Waals surface area contributed by atoms with E-state index < -0.39 is 0 Å². The molecule has 0 bridgehead atoms. The highest BCUT2D eigenvalue weighted by Crippen LogP contribution is 2.21. The molecule has 4 aromatic rings. The second kappa shape index (κ2) is 8.19. The maximum atomic E-state index is 5.98. The molecule has 0 aliphatic rings. The van der Waals surface area contributed by atoms with Crippen molar-refractivity contribution in [3.63, 3.8) is 0 Å². The Morgan fingerprint density at radius 2 is 1.86 bits per heavy atom. The van der Waals surface area contributed by atoms with Gasteiger partial charge >= 0.3 is 0 Å². The number of benzene rings is 3. The summed E-state index contributed by atoms with van der Waals surface area (Å²) in [5, 5.41) is 13.8. The van der Waals surface area contributed by atoms with Crippen molar-refractivity contribution in [1.29, 1.82) is 0 Å². The van der Waals surface area contributed by atoms with Crippen LogP contribution in [0.15, 0.2) is 71.8 Å². The summed E-state index contributed by atoms with van der Waals surface area (Å²) in [6, 6.07) is 22.4. The number of hydrogen-bond acceptors (Lipinski definition) is 4. The molecule has 1 aromatic heterocycles. The first kappa shape index (κ1) is 18.1. The van der Waals surface area contributed by atoms with Crippen molar-refractivity contribution in [3.05, 3.63) is 88.5 Å². The molecule has 0 atom stereocenters. The summed E-state index contributed by atoms with van der Waals surface area (Å²) >= 11 is 5.20. The van der Waals surface area contributed by atoms with Gasteiger partial charge in [0, 0.05) is 6.42 Å². The van der Waals surface area contributed by atoms with Crippen LogP contribution in [0.4, 0.5) is 0 Å². The molecule has 1 heterocycles. The third kappa shape index (κ3) is 3.87. The fourth-order valence-corrected chi connectivity index (χ4v) is 3.22. The topological polar surface area (TPSA) is 55.2 Å². The minimum atomic E-state index is 0.489. The summed E-state index contributed by atoms with van der Waals surface area (Å²) in [6.45, 7) is 2.54. The Kier molecular flexibility index (Phi) is 5.30. The Morgan fingerprint density at radius 1 is 1.07 bits per heavy atom. The second-order valence-corrected chi connectivity index (χ2v) is 6.74. The Morgan fingerprint density at radius 3 is 2.68 bits per heavy atom. The molecular weight excluding hydrogens is 368 g/mol. The van der Waals surface area contributed by atoms with Crippen LogP contribution in [-0.2, 0) is 13.0 Å². The molecule has 0 aliphatic heterocycles. The van der Waals surface area contributed by atoms with Gasteiger partial charge in [0.25, 0.3) is 0 Å². The van der Waals surface area contributed by atoms with Gasteiger partial charge in [-0.15, -0.1) is 0 Å². The number of rotatable bonds is 6. The predicted molar refractivity (Wildman–Crippen MR) is 115 cm³/mol. The van der Waals surface area contributed by atoms with Gasteiger partial charge in [0.15, 0.2) is 5.82 Å². The van der Waals surface area contributed by atoms with E-state index >= 15 is 0 Å². The number of hydrogen-bond donors (Lipinski definition) is 1. The van der Waals surface area contributed by atoms with E-state index in [0.29, 0.717) is 11.4 Å². The summed E-state index contributed by atoms with van der Waals surface area (Å²) < 4.78 is 8.11. The van der Waals surface area contributed by atoms with Crippen molar-refractivity contribution < 1.29 is 4.74 Å². The van der Waals surface area contributed by atoms with Crippen LogP contribution in [-0.4, -0.2) is 21.1 Å². The van der Waals surface area contributed by atoms with E-state index in [1.165, 1.54) is 16.3 Å². The van der Waals surface area contributed by atoms with Gasteiger partial charge in [0.2, 0.25) is 4.77 Å². The van der Waals surface area contributed by atoms with Gasteiger partial charge in [-0.2, -0.15) is 14.9 Å². The fourth-order valence-electron chi connectivity index (χ4n) is 3.03. The van der Waals surface area contributed by atoms with Crippen LogP contribution in [0.1, 0.15) is 23.9 Å². The van der Waals surface area contributed by atoms with Crippen LogP contribution < -0.4 is 4.74 Å². The Hall–Kier alpha value is -3.25. The van der Waals surface area contributed by atoms with Gasteiger partial charge in [-0.05, 0) is 58.4 Å². The molecule has 0 amide bonds. The van der Waals surface area contributed by atoms with Crippen LogP contribution in [0.3, 0.4) is 0 Å². The number of fused-ring (bicyclic) bond motifs is 1. The molecule has 5 nitrogen and oxygen atoms in total. The Bertz CT molecular complexity index is 1170. The molecule has 1 N–H and O–H groups in total. The Balaban J connectivity index is 1.45. The van der Waals surface area contributed by atoms with E-state index in [2.05, 4.69) is 51.7 Å². The first-order valence-electron chi connectivity index (χ1n) is 9.15. The molecule has 0 saturated heterocycles. The molecule has 0 fully saturated rings. The largest absolute Gasteiger partial charge is 0.489 e. The number of aromatic nitrogens is 3. The van der Waals surface area contributed by atoms with Crippen LogP contribution in [0.5, 0.6) is 5.75 Å². The molecule has 140 valence electrons. The van der Waals surface area contributed by atoms with Gasteiger partial charge in [-0.3, -0.25) is 5.10 Å². The molecule has 0 aliphatic carbocycles. The van der Waals surface area contributed by atoms with Crippen molar-refractivity contribution in [1.82, 2.24) is 14.9 Å². The number of H-pyrrole nitrogens is 1. The molecule has 0 spiro atoms. The highest BCUT2D eigenvalue weighted by molar-refractivity contribution is 7.71. The van der Waals surface area contributed by atoms with E-state index in [0.717, 1.165) is 23.6 Å². The highest BCUT2D eigenvalue weighted by atomic mass is 32.1. The van der Waals surface area contributed by atoms with Gasteiger partial charge in [-0.25, -0.2) is 0 Å². The average Bonchev–Trinajstić information content (AvgIpc) is 3.11. The summed E-state index contributed by atoms with van der Waals surface area (Å²) in [7, 11) is 0. The van der Waals surface area contributed by atoms with E-state index in [4.69, 9.17) is 17.0 Å². The summed E-state index contributed by atoms with van der Waals surface area (Å²) in [4.78, 5) is 0. The van der Waals surface area contributed by atoms with Gasteiger partial charge < -0.3 is 4.74 Å². The van der Waals surface area contributed by atoms with Crippen molar-refractivity contribution in [2.24, 2.45) is 5.10 Å². The zero-order valence-corrected chi connectivity index (χ0v) is 16.3. The van der Waals surface area contributed by atoms with Crippen LogP contribution in [0, 0.1) is 4.77 Å². The Labute approximate surface area is 168 Å². The minimum absolute atomic E-state index is 0.489. The van der Waals surface area contributed by atoms with Gasteiger partial charge in [0.1, 0.15) is 12.4 Å². The fraction of sp³-hybridized carbons (Fsp3) is 0.136. The van der Waals surface area contributed by atoms with Crippen molar-refractivity contribution >= 4 is 29.2 Å². The third-order valence-corrected chi connectivity index (χ3v) is 4.77. The highest BCUT2D eigenvalue weighted by Gasteiger charge is 2.03. The lowest BCUT2D eigenvalue weighted by Gasteiger charge is -2.09. The van der Waals surface area contributed by atoms with E-state index in [1.807, 2.05) is 37.3 Å². The lowest BCUT2D eigenvalue weighted by atomic mass is 10.1. The maximum Gasteiger partial charge on any atom is 0.216 e. The lowest BCUT2D eigenvalue weighted by molar-refractivity contribution is 0.307. The van der Waals surface area contributed by atoms with Crippen molar-refractivity contribution in [3.8, 4) is 5.75 Å². The third-order valence-electron chi connectivity index (χ3n) is 4.51. The smallest absolute Gasteiger partial charge is 0.216 e. The molecular formula is C22H20N4OS. The van der Waals surface area contributed by atoms with Crippen molar-refractivity contribution in [2.45, 2.75) is 20.0 Å². The van der Waals surface area contributed by atoms with Gasteiger partial charge in [-0.1, -0.05) is 49.4 Å². The molecule has 0 radical (unpaired) electrons. The average molecular weight is 388 g/mol.